The Morgan fingerprint density at radius 1 is 1.42 bits per heavy atom. The fourth-order valence-electron chi connectivity index (χ4n) is 3.46. The van der Waals surface area contributed by atoms with Crippen LogP contribution in [0.2, 0.25) is 0 Å². The first-order chi connectivity index (χ1) is 12.4. The molecule has 5 nitrogen and oxygen atoms in total. The number of amides is 1. The van der Waals surface area contributed by atoms with E-state index in [0.29, 0.717) is 16.1 Å². The molecule has 1 amide bonds. The summed E-state index contributed by atoms with van der Waals surface area (Å²) in [6.45, 7) is 2.17. The van der Waals surface area contributed by atoms with E-state index in [9.17, 15) is 19.1 Å². The number of aromatic nitrogens is 1. The number of thiophene rings is 1. The van der Waals surface area contributed by atoms with Crippen molar-refractivity contribution in [2.75, 3.05) is 5.32 Å². The van der Waals surface area contributed by atoms with E-state index in [1.165, 1.54) is 29.5 Å². The van der Waals surface area contributed by atoms with Crippen molar-refractivity contribution < 1.29 is 14.3 Å². The van der Waals surface area contributed by atoms with Crippen molar-refractivity contribution in [3.05, 3.63) is 56.4 Å². The summed E-state index contributed by atoms with van der Waals surface area (Å²) in [5.74, 6) is -1.01. The van der Waals surface area contributed by atoms with Crippen LogP contribution in [-0.2, 0) is 12.8 Å². The molecule has 7 heteroatoms. The molecule has 4 rings (SSSR count). The lowest BCUT2D eigenvalue weighted by Crippen LogP contribution is -2.23. The van der Waals surface area contributed by atoms with Crippen LogP contribution in [0.15, 0.2) is 29.1 Å². The van der Waals surface area contributed by atoms with Gasteiger partial charge < -0.3 is 15.4 Å². The maximum absolute atomic E-state index is 13.3. The Morgan fingerprint density at radius 2 is 2.23 bits per heavy atom. The van der Waals surface area contributed by atoms with Gasteiger partial charge in [0.05, 0.1) is 5.39 Å². The van der Waals surface area contributed by atoms with Crippen LogP contribution >= 0.6 is 11.3 Å². The second-order valence-electron chi connectivity index (χ2n) is 6.70. The third kappa shape index (κ3) is 2.78. The third-order valence-corrected chi connectivity index (χ3v) is 5.92. The molecule has 134 valence electrons. The highest BCUT2D eigenvalue weighted by molar-refractivity contribution is 7.18. The maximum atomic E-state index is 13.3. The SMILES string of the molecule is CC1CCc2c(sc3[nH]c(=O)c(C(=O)Nc4cccc(F)c4)c(O)c23)C1. The Hall–Kier alpha value is -2.67. The molecule has 0 saturated heterocycles. The zero-order valence-electron chi connectivity index (χ0n) is 14.1. The minimum atomic E-state index is -0.764. The van der Waals surface area contributed by atoms with Gasteiger partial charge in [-0.25, -0.2) is 4.39 Å². The van der Waals surface area contributed by atoms with Crippen LogP contribution in [0.5, 0.6) is 5.75 Å². The van der Waals surface area contributed by atoms with Gasteiger partial charge in [0.1, 0.15) is 22.0 Å². The maximum Gasteiger partial charge on any atom is 0.265 e. The number of hydrogen-bond donors (Lipinski definition) is 3. The normalized spacial score (nSPS) is 16.5. The zero-order valence-corrected chi connectivity index (χ0v) is 14.9. The van der Waals surface area contributed by atoms with E-state index in [-0.39, 0.29) is 17.0 Å². The largest absolute Gasteiger partial charge is 0.506 e. The van der Waals surface area contributed by atoms with Crippen molar-refractivity contribution >= 4 is 33.1 Å². The number of benzene rings is 1. The molecule has 3 N–H and O–H groups in total. The van der Waals surface area contributed by atoms with Gasteiger partial charge in [-0.3, -0.25) is 9.59 Å². The fourth-order valence-corrected chi connectivity index (χ4v) is 4.87. The molecular formula is C19H17FN2O3S. The van der Waals surface area contributed by atoms with Gasteiger partial charge in [-0.1, -0.05) is 13.0 Å². The molecule has 0 fully saturated rings. The van der Waals surface area contributed by atoms with Crippen molar-refractivity contribution in [1.29, 1.82) is 0 Å². The molecule has 26 heavy (non-hydrogen) atoms. The van der Waals surface area contributed by atoms with Gasteiger partial charge in [-0.05, 0) is 48.9 Å². The number of carbonyl (C=O) groups excluding carboxylic acids is 1. The molecule has 0 spiro atoms. The van der Waals surface area contributed by atoms with Crippen LogP contribution in [0, 0.1) is 11.7 Å². The quantitative estimate of drug-likeness (QED) is 0.640. The molecule has 1 aliphatic rings. The number of anilines is 1. The highest BCUT2D eigenvalue weighted by atomic mass is 32.1. The van der Waals surface area contributed by atoms with Crippen LogP contribution in [-0.4, -0.2) is 16.0 Å². The van der Waals surface area contributed by atoms with E-state index in [1.54, 1.807) is 0 Å². The molecule has 0 saturated carbocycles. The predicted molar refractivity (Wildman–Crippen MR) is 99.7 cm³/mol. The lowest BCUT2D eigenvalue weighted by molar-refractivity contribution is 0.102. The van der Waals surface area contributed by atoms with Crippen LogP contribution in [0.25, 0.3) is 10.2 Å². The Kier molecular flexibility index (Phi) is 4.03. The second kappa shape index (κ2) is 6.25. The van der Waals surface area contributed by atoms with Gasteiger partial charge in [0, 0.05) is 10.6 Å². The molecule has 2 aromatic heterocycles. The molecule has 0 radical (unpaired) electrons. The van der Waals surface area contributed by atoms with Crippen molar-refractivity contribution in [2.24, 2.45) is 5.92 Å². The van der Waals surface area contributed by atoms with Gasteiger partial charge in [0.25, 0.3) is 11.5 Å². The lowest BCUT2D eigenvalue weighted by Gasteiger charge is -2.18. The topological polar surface area (TPSA) is 82.2 Å². The first kappa shape index (κ1) is 16.8. The van der Waals surface area contributed by atoms with E-state index >= 15 is 0 Å². The molecular weight excluding hydrogens is 355 g/mol. The number of aromatic hydroxyl groups is 1. The van der Waals surface area contributed by atoms with Gasteiger partial charge >= 0.3 is 0 Å². The van der Waals surface area contributed by atoms with E-state index in [2.05, 4.69) is 17.2 Å². The summed E-state index contributed by atoms with van der Waals surface area (Å²) < 4.78 is 13.3. The summed E-state index contributed by atoms with van der Waals surface area (Å²) in [6, 6.07) is 5.37. The number of H-pyrrole nitrogens is 1. The second-order valence-corrected chi connectivity index (χ2v) is 7.80. The number of aromatic amines is 1. The van der Waals surface area contributed by atoms with Crippen molar-refractivity contribution in [3.63, 3.8) is 0 Å². The highest BCUT2D eigenvalue weighted by Crippen LogP contribution is 2.41. The average molecular weight is 372 g/mol. The number of hydrogen-bond acceptors (Lipinski definition) is 4. The Bertz CT molecular complexity index is 1090. The van der Waals surface area contributed by atoms with E-state index in [4.69, 9.17) is 0 Å². The zero-order chi connectivity index (χ0) is 18.4. The number of pyridine rings is 1. The molecule has 0 aliphatic heterocycles. The lowest BCUT2D eigenvalue weighted by atomic mass is 9.89. The van der Waals surface area contributed by atoms with Gasteiger partial charge in [-0.15, -0.1) is 11.3 Å². The summed E-state index contributed by atoms with van der Waals surface area (Å²) in [4.78, 5) is 29.4. The Morgan fingerprint density at radius 3 is 3.00 bits per heavy atom. The fraction of sp³-hybridized carbons (Fsp3) is 0.263. The van der Waals surface area contributed by atoms with Crippen molar-refractivity contribution in [2.45, 2.75) is 26.2 Å². The number of halogens is 1. The minimum Gasteiger partial charge on any atom is -0.506 e. The highest BCUT2D eigenvalue weighted by Gasteiger charge is 2.27. The van der Waals surface area contributed by atoms with E-state index in [1.807, 2.05) is 0 Å². The molecule has 1 atom stereocenters. The monoisotopic (exact) mass is 372 g/mol. The van der Waals surface area contributed by atoms with E-state index < -0.39 is 17.3 Å². The number of aryl methyl sites for hydroxylation is 1. The standard InChI is InChI=1S/C19H17FN2O3S/c1-9-5-6-12-13(7-9)26-19-14(12)16(23)15(18(25)22-19)17(24)21-11-4-2-3-10(20)8-11/h2-4,8-9H,5-7H2,1H3,(H,21,24)(H2,22,23,25). The molecule has 2 heterocycles. The Labute approximate surface area is 152 Å². The van der Waals surface area contributed by atoms with Crippen LogP contribution in [0.4, 0.5) is 10.1 Å². The van der Waals surface area contributed by atoms with Crippen LogP contribution in [0.1, 0.15) is 34.1 Å². The number of rotatable bonds is 2. The summed E-state index contributed by atoms with van der Waals surface area (Å²) in [6.07, 6.45) is 2.71. The summed E-state index contributed by atoms with van der Waals surface area (Å²) >= 11 is 1.46. The van der Waals surface area contributed by atoms with Crippen LogP contribution in [0.3, 0.4) is 0 Å². The molecule has 1 unspecified atom stereocenters. The van der Waals surface area contributed by atoms with E-state index in [0.717, 1.165) is 35.8 Å². The van der Waals surface area contributed by atoms with Crippen molar-refractivity contribution in [3.8, 4) is 5.75 Å². The average Bonchev–Trinajstić information content (AvgIpc) is 2.91. The van der Waals surface area contributed by atoms with Gasteiger partial charge in [-0.2, -0.15) is 0 Å². The Balaban J connectivity index is 1.80. The summed E-state index contributed by atoms with van der Waals surface area (Å²) in [7, 11) is 0. The molecule has 3 aromatic rings. The first-order valence-corrected chi connectivity index (χ1v) is 9.22. The third-order valence-electron chi connectivity index (χ3n) is 4.75. The van der Waals surface area contributed by atoms with Crippen LogP contribution < -0.4 is 10.9 Å². The summed E-state index contributed by atoms with van der Waals surface area (Å²) in [5, 5.41) is 13.7. The van der Waals surface area contributed by atoms with Gasteiger partial charge in [0.15, 0.2) is 0 Å². The molecule has 0 bridgehead atoms. The van der Waals surface area contributed by atoms with Crippen molar-refractivity contribution in [1.82, 2.24) is 4.98 Å². The summed E-state index contributed by atoms with van der Waals surface area (Å²) in [5.41, 5.74) is 0.225. The van der Waals surface area contributed by atoms with Gasteiger partial charge in [0.2, 0.25) is 0 Å². The number of fused-ring (bicyclic) bond motifs is 3. The number of carbonyl (C=O) groups is 1. The number of nitrogens with one attached hydrogen (secondary N) is 2. The molecule has 1 aromatic carbocycles. The first-order valence-electron chi connectivity index (χ1n) is 8.40. The predicted octanol–water partition coefficient (Wildman–Crippen LogP) is 3.81. The minimum absolute atomic E-state index is 0.218. The smallest absolute Gasteiger partial charge is 0.265 e. The molecule has 1 aliphatic carbocycles.